The third-order valence-electron chi connectivity index (χ3n) is 7.42. The van der Waals surface area contributed by atoms with Gasteiger partial charge >= 0.3 is 0 Å². The maximum Gasteiger partial charge on any atom is 0.202 e. The Labute approximate surface area is 240 Å². The second kappa shape index (κ2) is 10.9. The van der Waals surface area contributed by atoms with Crippen molar-refractivity contribution < 1.29 is 0 Å². The number of aryl methyl sites for hydroxylation is 2. The van der Waals surface area contributed by atoms with E-state index >= 15 is 0 Å². The van der Waals surface area contributed by atoms with Crippen molar-refractivity contribution in [1.82, 2.24) is 0 Å². The molecule has 0 aliphatic carbocycles. The number of hydrogen-bond donors (Lipinski definition) is 0. The van der Waals surface area contributed by atoms with E-state index in [9.17, 15) is 5.26 Å². The molecule has 0 fully saturated rings. The molecule has 0 spiro atoms. The first-order valence-corrected chi connectivity index (χ1v) is 13.5. The largest absolute Gasteiger partial charge is 0.311 e. The molecule has 0 heterocycles. The summed E-state index contributed by atoms with van der Waals surface area (Å²) in [6, 6.07) is 41.8. The highest BCUT2D eigenvalue weighted by Gasteiger charge is 2.15. The first-order valence-electron chi connectivity index (χ1n) is 13.5. The average molecular weight is 526 g/mol. The summed E-state index contributed by atoms with van der Waals surface area (Å²) in [5.74, 6) is 0. The molecule has 3 heteroatoms. The minimum Gasteiger partial charge on any atom is -0.311 e. The molecular weight excluding hydrogens is 498 g/mol. The molecule has 6 aromatic rings. The van der Waals surface area contributed by atoms with Crippen LogP contribution < -0.4 is 4.90 Å². The smallest absolute Gasteiger partial charge is 0.202 e. The maximum atomic E-state index is 9.98. The SMILES string of the molecule is [C-]#[N+]c1c2ccc(C)cc2c(C#N)c2ccc(/C=C/c3ccc(N(c4ccccc4)c4ccc(C)cc4)cc3)cc12. The van der Waals surface area contributed by atoms with Gasteiger partial charge in [-0.25, -0.2) is 4.85 Å². The van der Waals surface area contributed by atoms with E-state index in [4.69, 9.17) is 6.57 Å². The van der Waals surface area contributed by atoms with Crippen LogP contribution in [0.25, 0.3) is 38.5 Å². The highest BCUT2D eigenvalue weighted by molar-refractivity contribution is 6.15. The quantitative estimate of drug-likeness (QED) is 0.127. The van der Waals surface area contributed by atoms with Crippen molar-refractivity contribution in [1.29, 1.82) is 5.26 Å². The standard InChI is InChI=1S/C38H27N3/c1-26-9-17-31(18-10-26)41(30-7-5-4-6-8-30)32-19-14-28(15-20-32)12-13-29-16-22-33-36(24-29)38(40-3)34-21-11-27(2)23-35(34)37(33)25-39/h4-24H,1-2H3/b13-12+. The van der Waals surface area contributed by atoms with Gasteiger partial charge in [0.1, 0.15) is 6.07 Å². The lowest BCUT2D eigenvalue weighted by molar-refractivity contribution is 1.27. The molecule has 0 aliphatic heterocycles. The molecule has 6 rings (SSSR count). The van der Waals surface area contributed by atoms with Crippen LogP contribution >= 0.6 is 0 Å². The topological polar surface area (TPSA) is 31.4 Å². The van der Waals surface area contributed by atoms with E-state index in [2.05, 4.69) is 108 Å². The number of fused-ring (bicyclic) bond motifs is 2. The van der Waals surface area contributed by atoms with E-state index in [0.29, 0.717) is 11.3 Å². The number of hydrogen-bond acceptors (Lipinski definition) is 2. The summed E-state index contributed by atoms with van der Waals surface area (Å²) in [5.41, 5.74) is 8.85. The van der Waals surface area contributed by atoms with E-state index in [0.717, 1.165) is 55.3 Å². The molecule has 0 amide bonds. The van der Waals surface area contributed by atoms with E-state index in [1.54, 1.807) is 0 Å². The fraction of sp³-hybridized carbons (Fsp3) is 0.0526. The first kappa shape index (κ1) is 25.6. The fourth-order valence-corrected chi connectivity index (χ4v) is 5.33. The normalized spacial score (nSPS) is 11.0. The second-order valence-electron chi connectivity index (χ2n) is 10.2. The van der Waals surface area contributed by atoms with Crippen LogP contribution in [0, 0.1) is 31.8 Å². The van der Waals surface area contributed by atoms with Crippen molar-refractivity contribution in [3.05, 3.63) is 154 Å². The number of nitrogens with zero attached hydrogens (tertiary/aromatic N) is 3. The van der Waals surface area contributed by atoms with Gasteiger partial charge in [0.2, 0.25) is 5.69 Å². The Morgan fingerprint density at radius 3 is 1.88 bits per heavy atom. The van der Waals surface area contributed by atoms with Gasteiger partial charge in [0.05, 0.1) is 12.1 Å². The monoisotopic (exact) mass is 525 g/mol. The van der Waals surface area contributed by atoms with Crippen molar-refractivity contribution in [3.63, 3.8) is 0 Å². The van der Waals surface area contributed by atoms with Crippen molar-refractivity contribution in [2.24, 2.45) is 0 Å². The van der Waals surface area contributed by atoms with E-state index in [-0.39, 0.29) is 0 Å². The zero-order valence-corrected chi connectivity index (χ0v) is 23.0. The van der Waals surface area contributed by atoms with Gasteiger partial charge in [-0.3, -0.25) is 0 Å². The molecule has 3 nitrogen and oxygen atoms in total. The molecule has 0 unspecified atom stereocenters. The Hall–Kier alpha value is -5.64. The summed E-state index contributed by atoms with van der Waals surface area (Å²) in [5, 5.41) is 13.3. The van der Waals surface area contributed by atoms with Gasteiger partial charge in [-0.2, -0.15) is 5.26 Å². The van der Waals surface area contributed by atoms with Crippen LogP contribution in [0.4, 0.5) is 22.7 Å². The number of nitriles is 1. The van der Waals surface area contributed by atoms with Crippen molar-refractivity contribution in [2.45, 2.75) is 13.8 Å². The van der Waals surface area contributed by atoms with Gasteiger partial charge in [0.25, 0.3) is 0 Å². The molecule has 0 radical (unpaired) electrons. The van der Waals surface area contributed by atoms with Gasteiger partial charge in [0.15, 0.2) is 0 Å². The lowest BCUT2D eigenvalue weighted by atomic mass is 9.93. The molecule has 0 saturated carbocycles. The van der Waals surface area contributed by atoms with Crippen LogP contribution in [0.3, 0.4) is 0 Å². The predicted molar refractivity (Wildman–Crippen MR) is 172 cm³/mol. The molecule has 0 bridgehead atoms. The van der Waals surface area contributed by atoms with E-state index in [1.807, 2.05) is 49.4 Å². The van der Waals surface area contributed by atoms with Crippen LogP contribution in [0.1, 0.15) is 27.8 Å². The lowest BCUT2D eigenvalue weighted by Gasteiger charge is -2.25. The third-order valence-corrected chi connectivity index (χ3v) is 7.42. The van der Waals surface area contributed by atoms with Crippen molar-refractivity contribution in [2.75, 3.05) is 4.90 Å². The van der Waals surface area contributed by atoms with Crippen LogP contribution in [0.5, 0.6) is 0 Å². The molecule has 41 heavy (non-hydrogen) atoms. The van der Waals surface area contributed by atoms with Gasteiger partial charge in [-0.05, 0) is 82.9 Å². The molecule has 0 N–H and O–H groups in total. The van der Waals surface area contributed by atoms with Gasteiger partial charge < -0.3 is 4.90 Å². The van der Waals surface area contributed by atoms with Crippen LogP contribution in [0.15, 0.2) is 115 Å². The van der Waals surface area contributed by atoms with E-state index < -0.39 is 0 Å². The van der Waals surface area contributed by atoms with Gasteiger partial charge in [-0.1, -0.05) is 102 Å². The first-order chi connectivity index (χ1) is 20.1. The number of benzene rings is 6. The van der Waals surface area contributed by atoms with E-state index in [1.165, 1.54) is 5.56 Å². The molecule has 0 aromatic heterocycles. The highest BCUT2D eigenvalue weighted by Crippen LogP contribution is 2.39. The van der Waals surface area contributed by atoms with Crippen LogP contribution in [-0.4, -0.2) is 0 Å². The zero-order chi connectivity index (χ0) is 28.3. The highest BCUT2D eigenvalue weighted by atomic mass is 15.1. The molecule has 0 aliphatic rings. The third kappa shape index (κ3) is 4.94. The number of rotatable bonds is 5. The molecular formula is C38H27N3. The molecule has 0 saturated heterocycles. The number of para-hydroxylation sites is 1. The Morgan fingerprint density at radius 1 is 0.610 bits per heavy atom. The molecule has 194 valence electrons. The minimum absolute atomic E-state index is 0.589. The summed E-state index contributed by atoms with van der Waals surface area (Å²) >= 11 is 0. The number of anilines is 3. The summed E-state index contributed by atoms with van der Waals surface area (Å²) in [7, 11) is 0. The molecule has 6 aromatic carbocycles. The van der Waals surface area contributed by atoms with Gasteiger partial charge in [-0.15, -0.1) is 0 Å². The van der Waals surface area contributed by atoms with Crippen LogP contribution in [-0.2, 0) is 0 Å². The second-order valence-corrected chi connectivity index (χ2v) is 10.2. The maximum absolute atomic E-state index is 9.98. The predicted octanol–water partition coefficient (Wildman–Crippen LogP) is 10.7. The summed E-state index contributed by atoms with van der Waals surface area (Å²) < 4.78 is 0. The summed E-state index contributed by atoms with van der Waals surface area (Å²) in [6.45, 7) is 12.0. The Bertz CT molecular complexity index is 2000. The molecule has 0 atom stereocenters. The van der Waals surface area contributed by atoms with Crippen molar-refractivity contribution in [3.8, 4) is 6.07 Å². The Kier molecular flexibility index (Phi) is 6.78. The lowest BCUT2D eigenvalue weighted by Crippen LogP contribution is -2.09. The average Bonchev–Trinajstić information content (AvgIpc) is 3.01. The zero-order valence-electron chi connectivity index (χ0n) is 23.0. The Balaban J connectivity index is 1.35. The minimum atomic E-state index is 0.589. The summed E-state index contributed by atoms with van der Waals surface area (Å²) in [4.78, 5) is 6.13. The summed E-state index contributed by atoms with van der Waals surface area (Å²) in [6.07, 6.45) is 4.14. The van der Waals surface area contributed by atoms with Crippen LogP contribution in [0.2, 0.25) is 0 Å². The fourth-order valence-electron chi connectivity index (χ4n) is 5.33. The van der Waals surface area contributed by atoms with Gasteiger partial charge in [0, 0.05) is 17.1 Å². The Morgan fingerprint density at radius 2 is 1.20 bits per heavy atom. The van der Waals surface area contributed by atoms with Crippen molar-refractivity contribution >= 4 is 56.4 Å².